The fraction of sp³-hybridized carbons (Fsp3) is 0.250. The lowest BCUT2D eigenvalue weighted by Gasteiger charge is -2.05. The van der Waals surface area contributed by atoms with Gasteiger partial charge in [-0.1, -0.05) is 0 Å². The van der Waals surface area contributed by atoms with E-state index in [2.05, 4.69) is 4.74 Å². The monoisotopic (exact) mass is 250 g/mol. The van der Waals surface area contributed by atoms with Gasteiger partial charge in [-0.25, -0.2) is 4.79 Å². The molecule has 0 N–H and O–H groups in total. The van der Waals surface area contributed by atoms with Crippen LogP contribution in [0.1, 0.15) is 15.9 Å². The topological polar surface area (TPSA) is 72.7 Å². The van der Waals surface area contributed by atoms with Crippen LogP contribution in [0, 0.1) is 10.1 Å². The molecule has 1 rings (SSSR count). The molecule has 0 atom stereocenters. The predicted octanol–water partition coefficient (Wildman–Crippen LogP) is 1.91. The molecule has 0 bridgehead atoms. The van der Waals surface area contributed by atoms with Gasteiger partial charge in [0.25, 0.3) is 5.69 Å². The second-order valence-corrected chi connectivity index (χ2v) is 3.80. The number of hydrogen-bond donors (Lipinski definition) is 0. The molecule has 0 saturated heterocycles. The molecule has 0 spiro atoms. The Kier molecular flexibility index (Phi) is 4.42. The predicted molar refractivity (Wildman–Crippen MR) is 67.2 cm³/mol. The van der Waals surface area contributed by atoms with E-state index in [-0.39, 0.29) is 11.3 Å². The van der Waals surface area contributed by atoms with Gasteiger partial charge in [-0.2, -0.15) is 0 Å². The minimum Gasteiger partial charge on any atom is -0.465 e. The van der Waals surface area contributed by atoms with Crippen LogP contribution in [-0.4, -0.2) is 37.0 Å². The van der Waals surface area contributed by atoms with Crippen molar-refractivity contribution in [2.75, 3.05) is 21.2 Å². The summed E-state index contributed by atoms with van der Waals surface area (Å²) in [6, 6.07) is 4.22. The van der Waals surface area contributed by atoms with Crippen LogP contribution in [-0.2, 0) is 4.74 Å². The van der Waals surface area contributed by atoms with Crippen LogP contribution in [0.3, 0.4) is 0 Å². The van der Waals surface area contributed by atoms with Crippen molar-refractivity contribution in [2.24, 2.45) is 0 Å². The molecule has 1 aromatic rings. The summed E-state index contributed by atoms with van der Waals surface area (Å²) in [6.45, 7) is 0. The third-order valence-corrected chi connectivity index (χ3v) is 2.20. The highest BCUT2D eigenvalue weighted by atomic mass is 16.6. The van der Waals surface area contributed by atoms with Crippen molar-refractivity contribution in [2.45, 2.75) is 0 Å². The first-order valence-electron chi connectivity index (χ1n) is 5.17. The van der Waals surface area contributed by atoms with E-state index < -0.39 is 10.9 Å². The van der Waals surface area contributed by atoms with Crippen LogP contribution in [0.5, 0.6) is 0 Å². The fourth-order valence-corrected chi connectivity index (χ4v) is 1.32. The van der Waals surface area contributed by atoms with Crippen LogP contribution >= 0.6 is 0 Å². The number of nitro benzene ring substituents is 1. The standard InChI is InChI=1S/C12H14N2O4/c1-13(2)7-6-9-4-5-10(12(15)18-3)8-11(9)14(16)17/h4-8H,1-3H3/b7-6+. The van der Waals surface area contributed by atoms with E-state index in [1.54, 1.807) is 17.2 Å². The smallest absolute Gasteiger partial charge is 0.338 e. The van der Waals surface area contributed by atoms with Gasteiger partial charge in [-0.15, -0.1) is 0 Å². The first-order chi connectivity index (χ1) is 8.45. The van der Waals surface area contributed by atoms with Crippen LogP contribution in [0.15, 0.2) is 24.4 Å². The maximum absolute atomic E-state index is 11.3. The maximum Gasteiger partial charge on any atom is 0.338 e. The Morgan fingerprint density at radius 1 is 1.44 bits per heavy atom. The van der Waals surface area contributed by atoms with E-state index >= 15 is 0 Å². The summed E-state index contributed by atoms with van der Waals surface area (Å²) < 4.78 is 4.52. The molecule has 1 aromatic carbocycles. The van der Waals surface area contributed by atoms with Crippen molar-refractivity contribution >= 4 is 17.7 Å². The zero-order valence-corrected chi connectivity index (χ0v) is 10.4. The number of nitro groups is 1. The number of carbonyl (C=O) groups is 1. The number of esters is 1. The van der Waals surface area contributed by atoms with Gasteiger partial charge in [0.2, 0.25) is 0 Å². The number of nitrogens with zero attached hydrogens (tertiary/aromatic N) is 2. The van der Waals surface area contributed by atoms with Crippen LogP contribution in [0.2, 0.25) is 0 Å². The second kappa shape index (κ2) is 5.81. The second-order valence-electron chi connectivity index (χ2n) is 3.80. The number of ether oxygens (including phenoxy) is 1. The number of benzene rings is 1. The number of methoxy groups -OCH3 is 1. The summed E-state index contributed by atoms with van der Waals surface area (Å²) >= 11 is 0. The van der Waals surface area contributed by atoms with Gasteiger partial charge >= 0.3 is 5.97 Å². The maximum atomic E-state index is 11.3. The Bertz CT molecular complexity index is 495. The minimum atomic E-state index is -0.596. The molecule has 0 aliphatic heterocycles. The lowest BCUT2D eigenvalue weighted by atomic mass is 10.1. The highest BCUT2D eigenvalue weighted by molar-refractivity contribution is 5.90. The molecule has 0 aliphatic rings. The molecule has 0 unspecified atom stereocenters. The van der Waals surface area contributed by atoms with E-state index in [0.717, 1.165) is 0 Å². The Morgan fingerprint density at radius 3 is 2.61 bits per heavy atom. The van der Waals surface area contributed by atoms with E-state index in [9.17, 15) is 14.9 Å². The highest BCUT2D eigenvalue weighted by Gasteiger charge is 2.16. The van der Waals surface area contributed by atoms with Crippen molar-refractivity contribution in [1.29, 1.82) is 0 Å². The van der Waals surface area contributed by atoms with Crippen LogP contribution in [0.25, 0.3) is 6.08 Å². The van der Waals surface area contributed by atoms with E-state index in [1.807, 2.05) is 14.1 Å². The normalized spacial score (nSPS) is 10.4. The van der Waals surface area contributed by atoms with Gasteiger partial charge in [-0.05, 0) is 24.4 Å². The molecule has 18 heavy (non-hydrogen) atoms. The van der Waals surface area contributed by atoms with Crippen molar-refractivity contribution < 1.29 is 14.5 Å². The van der Waals surface area contributed by atoms with E-state index in [1.165, 1.54) is 25.3 Å². The average Bonchev–Trinajstić information content (AvgIpc) is 2.34. The summed E-state index contributed by atoms with van der Waals surface area (Å²) in [4.78, 5) is 23.5. The molecule has 0 amide bonds. The number of carbonyl (C=O) groups excluding carboxylic acids is 1. The molecule has 0 aliphatic carbocycles. The minimum absolute atomic E-state index is 0.129. The van der Waals surface area contributed by atoms with Gasteiger partial charge in [0.1, 0.15) is 0 Å². The summed E-state index contributed by atoms with van der Waals surface area (Å²) in [5, 5.41) is 10.9. The SMILES string of the molecule is COC(=O)c1ccc(/C=C/N(C)C)c([N+](=O)[O-])c1. The largest absolute Gasteiger partial charge is 0.465 e. The van der Waals surface area contributed by atoms with Crippen LogP contribution < -0.4 is 0 Å². The molecule has 0 saturated carbocycles. The Morgan fingerprint density at radius 2 is 2.11 bits per heavy atom. The number of hydrogen-bond acceptors (Lipinski definition) is 5. The van der Waals surface area contributed by atoms with Gasteiger partial charge < -0.3 is 9.64 Å². The Balaban J connectivity index is 3.21. The summed E-state index contributed by atoms with van der Waals surface area (Å²) in [5.41, 5.74) is 0.462. The third-order valence-electron chi connectivity index (χ3n) is 2.20. The average molecular weight is 250 g/mol. The summed E-state index contributed by atoms with van der Waals surface area (Å²) in [5.74, 6) is -0.596. The number of rotatable bonds is 4. The lowest BCUT2D eigenvalue weighted by molar-refractivity contribution is -0.385. The molecule has 0 fully saturated rings. The molecule has 6 nitrogen and oxygen atoms in total. The molecule has 0 aromatic heterocycles. The molecule has 6 heteroatoms. The Hall–Kier alpha value is -2.37. The van der Waals surface area contributed by atoms with Crippen LogP contribution in [0.4, 0.5) is 5.69 Å². The molecule has 0 radical (unpaired) electrons. The lowest BCUT2D eigenvalue weighted by Crippen LogP contribution is -2.03. The zero-order valence-electron chi connectivity index (χ0n) is 10.4. The quantitative estimate of drug-likeness (QED) is 0.463. The molecule has 96 valence electrons. The van der Waals surface area contributed by atoms with Gasteiger partial charge in [0.05, 0.1) is 23.2 Å². The Labute approximate surface area is 105 Å². The first-order valence-corrected chi connectivity index (χ1v) is 5.17. The van der Waals surface area contributed by atoms with Crippen molar-refractivity contribution in [3.05, 3.63) is 45.6 Å². The zero-order chi connectivity index (χ0) is 13.7. The van der Waals surface area contributed by atoms with Crippen molar-refractivity contribution in [1.82, 2.24) is 4.90 Å². The first kappa shape index (κ1) is 13.7. The van der Waals surface area contributed by atoms with Gasteiger partial charge in [0.15, 0.2) is 0 Å². The molecular formula is C12H14N2O4. The molecule has 0 heterocycles. The summed E-state index contributed by atoms with van der Waals surface area (Å²) in [7, 11) is 4.85. The van der Waals surface area contributed by atoms with Gasteiger partial charge in [-0.3, -0.25) is 10.1 Å². The van der Waals surface area contributed by atoms with Gasteiger partial charge in [0, 0.05) is 20.2 Å². The van der Waals surface area contributed by atoms with Crippen molar-refractivity contribution in [3.63, 3.8) is 0 Å². The third kappa shape index (κ3) is 3.31. The fourth-order valence-electron chi connectivity index (χ4n) is 1.32. The van der Waals surface area contributed by atoms with Crippen molar-refractivity contribution in [3.8, 4) is 0 Å². The molecular weight excluding hydrogens is 236 g/mol. The summed E-state index contributed by atoms with van der Waals surface area (Å²) in [6.07, 6.45) is 3.30. The highest BCUT2D eigenvalue weighted by Crippen LogP contribution is 2.22. The van der Waals surface area contributed by atoms with E-state index in [4.69, 9.17) is 0 Å². The van der Waals surface area contributed by atoms with E-state index in [0.29, 0.717) is 5.56 Å².